The normalized spacial score (nSPS) is 17.7. The average Bonchev–Trinajstić information content (AvgIpc) is 2.50. The fourth-order valence-corrected chi connectivity index (χ4v) is 4.20. The van der Waals surface area contributed by atoms with E-state index in [1.54, 1.807) is 10.7 Å². The van der Waals surface area contributed by atoms with Gasteiger partial charge in [0.25, 0.3) is 5.56 Å². The van der Waals surface area contributed by atoms with Crippen molar-refractivity contribution in [1.29, 1.82) is 0 Å². The molecule has 5 nitrogen and oxygen atoms in total. The third-order valence-corrected chi connectivity index (χ3v) is 5.55. The van der Waals surface area contributed by atoms with Gasteiger partial charge in [0.15, 0.2) is 0 Å². The minimum Gasteiger partial charge on any atom is -0.371 e. The lowest BCUT2D eigenvalue weighted by atomic mass is 9.99. The summed E-state index contributed by atoms with van der Waals surface area (Å²) in [5.41, 5.74) is 4.55. The number of anilines is 1. The Bertz CT molecular complexity index is 782. The van der Waals surface area contributed by atoms with Crippen LogP contribution in [-0.2, 0) is 18.7 Å². The van der Waals surface area contributed by atoms with Crippen molar-refractivity contribution < 1.29 is 0 Å². The summed E-state index contributed by atoms with van der Waals surface area (Å²) in [7, 11) is 0. The fourth-order valence-electron chi connectivity index (χ4n) is 3.25. The van der Waals surface area contributed by atoms with Gasteiger partial charge in [0, 0.05) is 54.8 Å². The molecule has 6 heteroatoms. The molecule has 0 bridgehead atoms. The van der Waals surface area contributed by atoms with Gasteiger partial charge in [0.1, 0.15) is 0 Å². The van der Waals surface area contributed by atoms with Gasteiger partial charge in [-0.1, -0.05) is 0 Å². The second-order valence-electron chi connectivity index (χ2n) is 6.37. The van der Waals surface area contributed by atoms with E-state index in [1.165, 1.54) is 5.69 Å². The van der Waals surface area contributed by atoms with Crippen molar-refractivity contribution in [2.75, 3.05) is 23.7 Å². The molecule has 1 fully saturated rings. The van der Waals surface area contributed by atoms with Crippen LogP contribution in [0.5, 0.6) is 0 Å². The molecule has 0 saturated carbocycles. The summed E-state index contributed by atoms with van der Waals surface area (Å²) >= 11 is 1.88. The van der Waals surface area contributed by atoms with E-state index >= 15 is 0 Å². The second kappa shape index (κ2) is 6.00. The van der Waals surface area contributed by atoms with Crippen molar-refractivity contribution in [3.05, 3.63) is 51.7 Å². The summed E-state index contributed by atoms with van der Waals surface area (Å²) in [6.07, 6.45) is 2.83. The lowest BCUT2D eigenvalue weighted by Crippen LogP contribution is -2.49. The summed E-state index contributed by atoms with van der Waals surface area (Å²) in [5.74, 6) is 2.53. The Balaban J connectivity index is 1.43. The minimum absolute atomic E-state index is 0.0458. The standard InChI is InChI=1S/C17H20N4OS/c1-12-6-15(2-4-18-12)20-8-13(9-20)10-21-17(22)7-14-11-23-5-3-16(14)19-21/h2,4,6-7,13H,3,5,8-11H2,1H3. The zero-order chi connectivity index (χ0) is 15.8. The lowest BCUT2D eigenvalue weighted by Gasteiger charge is -2.41. The molecule has 1 saturated heterocycles. The smallest absolute Gasteiger partial charge is 0.267 e. The van der Waals surface area contributed by atoms with E-state index < -0.39 is 0 Å². The number of thioether (sulfide) groups is 1. The number of aryl methyl sites for hydroxylation is 2. The quantitative estimate of drug-likeness (QED) is 0.861. The highest BCUT2D eigenvalue weighted by Gasteiger charge is 2.28. The van der Waals surface area contributed by atoms with Crippen molar-refractivity contribution in [1.82, 2.24) is 14.8 Å². The Morgan fingerprint density at radius 2 is 2.22 bits per heavy atom. The van der Waals surface area contributed by atoms with E-state index in [0.717, 1.165) is 54.5 Å². The third-order valence-electron chi connectivity index (χ3n) is 4.54. The van der Waals surface area contributed by atoms with Crippen molar-refractivity contribution in [2.24, 2.45) is 5.92 Å². The Hall–Kier alpha value is -1.82. The van der Waals surface area contributed by atoms with Gasteiger partial charge >= 0.3 is 0 Å². The van der Waals surface area contributed by atoms with Crippen LogP contribution in [-0.4, -0.2) is 33.6 Å². The number of hydrogen-bond donors (Lipinski definition) is 0. The van der Waals surface area contributed by atoms with Crippen LogP contribution in [0.2, 0.25) is 0 Å². The van der Waals surface area contributed by atoms with Gasteiger partial charge < -0.3 is 4.90 Å². The molecule has 120 valence electrons. The van der Waals surface area contributed by atoms with Crippen LogP contribution in [0.3, 0.4) is 0 Å². The maximum atomic E-state index is 12.2. The van der Waals surface area contributed by atoms with E-state index in [2.05, 4.69) is 21.0 Å². The molecule has 2 aromatic rings. The zero-order valence-electron chi connectivity index (χ0n) is 13.2. The number of rotatable bonds is 3. The maximum absolute atomic E-state index is 12.2. The second-order valence-corrected chi connectivity index (χ2v) is 7.47. The minimum atomic E-state index is 0.0458. The number of fused-ring (bicyclic) bond motifs is 1. The number of aromatic nitrogens is 3. The van der Waals surface area contributed by atoms with Crippen LogP contribution >= 0.6 is 11.8 Å². The first kappa shape index (κ1) is 14.8. The topological polar surface area (TPSA) is 51.0 Å². The largest absolute Gasteiger partial charge is 0.371 e. The van der Waals surface area contributed by atoms with Crippen LogP contribution in [0.4, 0.5) is 5.69 Å². The van der Waals surface area contributed by atoms with Crippen molar-refractivity contribution in [2.45, 2.75) is 25.6 Å². The first-order valence-corrected chi connectivity index (χ1v) is 9.20. The Kier molecular flexibility index (Phi) is 3.85. The Morgan fingerprint density at radius 1 is 1.35 bits per heavy atom. The predicted octanol–water partition coefficient (Wildman–Crippen LogP) is 1.87. The number of pyridine rings is 1. The van der Waals surface area contributed by atoms with Crippen LogP contribution < -0.4 is 10.5 Å². The van der Waals surface area contributed by atoms with E-state index in [1.807, 2.05) is 30.9 Å². The highest BCUT2D eigenvalue weighted by atomic mass is 32.2. The molecule has 2 aliphatic rings. The van der Waals surface area contributed by atoms with Crippen molar-refractivity contribution >= 4 is 17.4 Å². The van der Waals surface area contributed by atoms with Crippen LogP contribution in [0, 0.1) is 12.8 Å². The van der Waals surface area contributed by atoms with E-state index in [0.29, 0.717) is 5.92 Å². The molecule has 0 amide bonds. The van der Waals surface area contributed by atoms with Gasteiger partial charge in [-0.05, 0) is 30.4 Å². The maximum Gasteiger partial charge on any atom is 0.267 e. The van der Waals surface area contributed by atoms with Crippen LogP contribution in [0.25, 0.3) is 0 Å². The van der Waals surface area contributed by atoms with Gasteiger partial charge in [0.2, 0.25) is 0 Å². The Labute approximate surface area is 139 Å². The molecule has 0 spiro atoms. The first-order valence-electron chi connectivity index (χ1n) is 8.04. The van der Waals surface area contributed by atoms with Crippen molar-refractivity contribution in [3.63, 3.8) is 0 Å². The molecule has 4 rings (SSSR count). The molecule has 2 aliphatic heterocycles. The van der Waals surface area contributed by atoms with E-state index in [-0.39, 0.29) is 5.56 Å². The predicted molar refractivity (Wildman–Crippen MR) is 93.0 cm³/mol. The molecule has 0 unspecified atom stereocenters. The molecule has 4 heterocycles. The summed E-state index contributed by atoms with van der Waals surface area (Å²) in [6.45, 7) is 4.69. The molecule has 23 heavy (non-hydrogen) atoms. The summed E-state index contributed by atoms with van der Waals surface area (Å²) in [6, 6.07) is 5.94. The molecular weight excluding hydrogens is 308 g/mol. The van der Waals surface area contributed by atoms with Crippen LogP contribution in [0.15, 0.2) is 29.2 Å². The Morgan fingerprint density at radius 3 is 3.04 bits per heavy atom. The number of nitrogens with zero attached hydrogens (tertiary/aromatic N) is 4. The monoisotopic (exact) mass is 328 g/mol. The molecule has 2 aromatic heterocycles. The average molecular weight is 328 g/mol. The lowest BCUT2D eigenvalue weighted by molar-refractivity contribution is 0.332. The first-order chi connectivity index (χ1) is 11.2. The third kappa shape index (κ3) is 3.00. The zero-order valence-corrected chi connectivity index (χ0v) is 14.1. The van der Waals surface area contributed by atoms with E-state index in [4.69, 9.17) is 0 Å². The molecule has 0 N–H and O–H groups in total. The van der Waals surface area contributed by atoms with Crippen LogP contribution in [0.1, 0.15) is 17.0 Å². The molecule has 0 radical (unpaired) electrons. The van der Waals surface area contributed by atoms with E-state index in [9.17, 15) is 4.79 Å². The van der Waals surface area contributed by atoms with Gasteiger partial charge in [-0.3, -0.25) is 9.78 Å². The summed E-state index contributed by atoms with van der Waals surface area (Å²) in [4.78, 5) is 18.8. The summed E-state index contributed by atoms with van der Waals surface area (Å²) < 4.78 is 1.68. The highest BCUT2D eigenvalue weighted by Crippen LogP contribution is 2.26. The SMILES string of the molecule is Cc1cc(N2CC(Cn3nc4c(cc3=O)CSCC4)C2)ccn1. The van der Waals surface area contributed by atoms with Gasteiger partial charge in [-0.15, -0.1) is 0 Å². The van der Waals surface area contributed by atoms with Gasteiger partial charge in [-0.25, -0.2) is 4.68 Å². The number of hydrogen-bond acceptors (Lipinski definition) is 5. The van der Waals surface area contributed by atoms with Gasteiger partial charge in [0.05, 0.1) is 12.2 Å². The fraction of sp³-hybridized carbons (Fsp3) is 0.471. The van der Waals surface area contributed by atoms with Gasteiger partial charge in [-0.2, -0.15) is 16.9 Å². The highest BCUT2D eigenvalue weighted by molar-refractivity contribution is 7.98. The summed E-state index contributed by atoms with van der Waals surface area (Å²) in [5, 5.41) is 4.61. The molecule has 0 atom stereocenters. The molecule has 0 aliphatic carbocycles. The van der Waals surface area contributed by atoms with Crippen molar-refractivity contribution in [3.8, 4) is 0 Å². The molecule has 0 aromatic carbocycles. The molecular formula is C17H20N4OS.